The number of nitrogens with one attached hydrogen (secondary N) is 1. The second kappa shape index (κ2) is 6.70. The van der Waals surface area contributed by atoms with E-state index in [0.29, 0.717) is 21.2 Å². The van der Waals surface area contributed by atoms with Crippen LogP contribution in [0.1, 0.15) is 28.1 Å². The topological polar surface area (TPSA) is 32.3 Å². The molecule has 7 heteroatoms. The van der Waals surface area contributed by atoms with Crippen LogP contribution < -0.4 is 5.32 Å². The van der Waals surface area contributed by atoms with E-state index in [9.17, 15) is 18.0 Å². The zero-order chi connectivity index (χ0) is 18.3. The standard InChI is InChI=1S/C19H19F3N2OS/c20-19(21,22)14-3-1-2-13(10-14)16-4-5-17(26-16)18(25)23-15-11-24-8-6-12(15)7-9-24/h1-5,10,12,15H,6-9,11H2,(H,23,25). The van der Waals surface area contributed by atoms with Crippen molar-refractivity contribution in [1.82, 2.24) is 10.2 Å². The average molecular weight is 380 g/mol. The molecule has 1 unspecified atom stereocenters. The first kappa shape index (κ1) is 17.5. The van der Waals surface area contributed by atoms with Crippen LogP contribution in [0.3, 0.4) is 0 Å². The molecule has 3 saturated heterocycles. The quantitative estimate of drug-likeness (QED) is 0.863. The van der Waals surface area contributed by atoms with Gasteiger partial charge in [-0.15, -0.1) is 11.3 Å². The molecule has 1 amide bonds. The summed E-state index contributed by atoms with van der Waals surface area (Å²) in [5.74, 6) is 0.402. The SMILES string of the molecule is O=C(NC1CN2CCC1CC2)c1ccc(-c2cccc(C(F)(F)F)c2)s1. The Hall–Kier alpha value is -1.86. The van der Waals surface area contributed by atoms with Crippen LogP contribution in [-0.4, -0.2) is 36.5 Å². The number of fused-ring (bicyclic) bond motifs is 3. The molecule has 3 fully saturated rings. The van der Waals surface area contributed by atoms with Crippen molar-refractivity contribution in [2.24, 2.45) is 5.92 Å². The lowest BCUT2D eigenvalue weighted by Crippen LogP contribution is -2.57. The van der Waals surface area contributed by atoms with Crippen molar-refractivity contribution < 1.29 is 18.0 Å². The molecule has 1 aromatic carbocycles. The van der Waals surface area contributed by atoms with Crippen molar-refractivity contribution in [2.75, 3.05) is 19.6 Å². The van der Waals surface area contributed by atoms with E-state index in [1.54, 1.807) is 18.2 Å². The van der Waals surface area contributed by atoms with Gasteiger partial charge in [0.1, 0.15) is 0 Å². The van der Waals surface area contributed by atoms with Crippen LogP contribution in [0.25, 0.3) is 10.4 Å². The number of carbonyl (C=O) groups excluding carboxylic acids is 1. The van der Waals surface area contributed by atoms with E-state index < -0.39 is 11.7 Å². The monoisotopic (exact) mass is 380 g/mol. The molecule has 2 bridgehead atoms. The predicted molar refractivity (Wildman–Crippen MR) is 95.2 cm³/mol. The summed E-state index contributed by atoms with van der Waals surface area (Å²) < 4.78 is 38.7. The van der Waals surface area contributed by atoms with Gasteiger partial charge in [0.2, 0.25) is 0 Å². The van der Waals surface area contributed by atoms with Gasteiger partial charge in [-0.1, -0.05) is 12.1 Å². The number of nitrogens with zero attached hydrogens (tertiary/aromatic N) is 1. The Balaban J connectivity index is 1.48. The van der Waals surface area contributed by atoms with Crippen molar-refractivity contribution in [3.63, 3.8) is 0 Å². The Morgan fingerprint density at radius 2 is 1.92 bits per heavy atom. The first-order valence-electron chi connectivity index (χ1n) is 8.71. The summed E-state index contributed by atoms with van der Waals surface area (Å²) in [4.78, 5) is 16.1. The van der Waals surface area contributed by atoms with Crippen molar-refractivity contribution >= 4 is 17.2 Å². The molecule has 0 aliphatic carbocycles. The number of amides is 1. The fourth-order valence-electron chi connectivity index (χ4n) is 3.83. The third-order valence-corrected chi connectivity index (χ3v) is 6.41. The zero-order valence-electron chi connectivity index (χ0n) is 14.1. The molecule has 1 N–H and O–H groups in total. The summed E-state index contributed by atoms with van der Waals surface area (Å²) in [6.07, 6.45) is -2.14. The number of thiophene rings is 1. The first-order valence-corrected chi connectivity index (χ1v) is 9.52. The Labute approximate surface area is 153 Å². The van der Waals surface area contributed by atoms with Crippen LogP contribution in [0, 0.1) is 5.92 Å². The molecule has 3 nitrogen and oxygen atoms in total. The molecule has 0 radical (unpaired) electrons. The molecule has 2 aromatic rings. The highest BCUT2D eigenvalue weighted by Crippen LogP contribution is 2.35. The number of hydrogen-bond acceptors (Lipinski definition) is 3. The minimum Gasteiger partial charge on any atom is -0.347 e. The second-order valence-corrected chi connectivity index (χ2v) is 8.04. The van der Waals surface area contributed by atoms with Gasteiger partial charge < -0.3 is 10.2 Å². The van der Waals surface area contributed by atoms with Gasteiger partial charge >= 0.3 is 6.18 Å². The Morgan fingerprint density at radius 1 is 1.15 bits per heavy atom. The van der Waals surface area contributed by atoms with Crippen LogP contribution in [0.2, 0.25) is 0 Å². The molecule has 138 valence electrons. The molecule has 4 heterocycles. The second-order valence-electron chi connectivity index (χ2n) is 6.96. The largest absolute Gasteiger partial charge is 0.416 e. The van der Waals surface area contributed by atoms with Crippen molar-refractivity contribution in [1.29, 1.82) is 0 Å². The average Bonchev–Trinajstić information content (AvgIpc) is 3.12. The van der Waals surface area contributed by atoms with E-state index in [-0.39, 0.29) is 11.9 Å². The van der Waals surface area contributed by atoms with E-state index in [0.717, 1.165) is 44.6 Å². The van der Waals surface area contributed by atoms with Gasteiger partial charge in [-0.25, -0.2) is 0 Å². The lowest BCUT2D eigenvalue weighted by Gasteiger charge is -2.44. The number of halogens is 3. The number of benzene rings is 1. The Kier molecular flexibility index (Phi) is 4.52. The van der Waals surface area contributed by atoms with Crippen LogP contribution >= 0.6 is 11.3 Å². The first-order chi connectivity index (χ1) is 12.4. The molecular weight excluding hydrogens is 361 g/mol. The maximum Gasteiger partial charge on any atom is 0.416 e. The summed E-state index contributed by atoms with van der Waals surface area (Å²) >= 11 is 1.23. The third-order valence-electron chi connectivity index (χ3n) is 5.28. The summed E-state index contributed by atoms with van der Waals surface area (Å²) in [5, 5.41) is 3.12. The highest BCUT2D eigenvalue weighted by Gasteiger charge is 2.35. The maximum atomic E-state index is 12.9. The number of hydrogen-bond donors (Lipinski definition) is 1. The van der Waals surface area contributed by atoms with Crippen LogP contribution in [-0.2, 0) is 6.18 Å². The number of alkyl halides is 3. The minimum atomic E-state index is -4.37. The molecule has 0 spiro atoms. The van der Waals surface area contributed by atoms with Gasteiger partial charge in [-0.05, 0) is 61.7 Å². The highest BCUT2D eigenvalue weighted by atomic mass is 32.1. The van der Waals surface area contributed by atoms with Crippen LogP contribution in [0.15, 0.2) is 36.4 Å². The summed E-state index contributed by atoms with van der Waals surface area (Å²) in [6, 6.07) is 8.78. The Bertz CT molecular complexity index is 809. The summed E-state index contributed by atoms with van der Waals surface area (Å²) in [5.41, 5.74) is -0.201. The van der Waals surface area contributed by atoms with E-state index in [2.05, 4.69) is 10.2 Å². The molecule has 3 aliphatic heterocycles. The smallest absolute Gasteiger partial charge is 0.347 e. The lowest BCUT2D eigenvalue weighted by molar-refractivity contribution is -0.137. The minimum absolute atomic E-state index is 0.132. The normalized spacial score (nSPS) is 25.3. The number of rotatable bonds is 3. The fraction of sp³-hybridized carbons (Fsp3) is 0.421. The van der Waals surface area contributed by atoms with Gasteiger partial charge in [-0.2, -0.15) is 13.2 Å². The van der Waals surface area contributed by atoms with Gasteiger partial charge in [-0.3, -0.25) is 4.79 Å². The van der Waals surface area contributed by atoms with Crippen molar-refractivity contribution in [3.8, 4) is 10.4 Å². The summed E-state index contributed by atoms with van der Waals surface area (Å²) in [6.45, 7) is 3.10. The highest BCUT2D eigenvalue weighted by molar-refractivity contribution is 7.17. The van der Waals surface area contributed by atoms with Crippen LogP contribution in [0.5, 0.6) is 0 Å². The number of piperidine rings is 3. The van der Waals surface area contributed by atoms with E-state index in [1.165, 1.54) is 17.4 Å². The molecule has 1 atom stereocenters. The van der Waals surface area contributed by atoms with E-state index in [4.69, 9.17) is 0 Å². The molecule has 1 aromatic heterocycles. The van der Waals surface area contributed by atoms with E-state index in [1.807, 2.05) is 0 Å². The van der Waals surface area contributed by atoms with E-state index >= 15 is 0 Å². The molecular formula is C19H19F3N2OS. The number of carbonyl (C=O) groups is 1. The van der Waals surface area contributed by atoms with Crippen molar-refractivity contribution in [3.05, 3.63) is 46.8 Å². The molecule has 5 rings (SSSR count). The van der Waals surface area contributed by atoms with Gasteiger partial charge in [0, 0.05) is 17.5 Å². The van der Waals surface area contributed by atoms with Gasteiger partial charge in [0.15, 0.2) is 0 Å². The van der Waals surface area contributed by atoms with Gasteiger partial charge in [0.25, 0.3) is 5.91 Å². The molecule has 3 aliphatic rings. The third kappa shape index (κ3) is 3.50. The molecule has 0 saturated carbocycles. The van der Waals surface area contributed by atoms with Crippen molar-refractivity contribution in [2.45, 2.75) is 25.1 Å². The predicted octanol–water partition coefficient (Wildman–Crippen LogP) is 4.26. The zero-order valence-corrected chi connectivity index (χ0v) is 14.9. The Morgan fingerprint density at radius 3 is 2.58 bits per heavy atom. The molecule has 26 heavy (non-hydrogen) atoms. The van der Waals surface area contributed by atoms with Crippen LogP contribution in [0.4, 0.5) is 13.2 Å². The lowest BCUT2D eigenvalue weighted by atomic mass is 9.84. The van der Waals surface area contributed by atoms with Gasteiger partial charge in [0.05, 0.1) is 10.4 Å². The summed E-state index contributed by atoms with van der Waals surface area (Å²) in [7, 11) is 0. The fourth-order valence-corrected chi connectivity index (χ4v) is 4.74. The maximum absolute atomic E-state index is 12.9.